The molecule has 0 radical (unpaired) electrons. The molecule has 4 aliphatic heterocycles. The van der Waals surface area contributed by atoms with E-state index in [9.17, 15) is 14.4 Å². The number of methoxy groups -OCH3 is 1. The zero-order valence-electron chi connectivity index (χ0n) is 35.6. The zero-order chi connectivity index (χ0) is 41.9. The van der Waals surface area contributed by atoms with Crippen LogP contribution in [0.15, 0.2) is 40.8 Å². The summed E-state index contributed by atoms with van der Waals surface area (Å²) in [6.45, 7) is 13.6. The molecule has 14 nitrogen and oxygen atoms in total. The average molecular weight is 836 g/mol. The number of hydrogen-bond donors (Lipinski definition) is 2. The number of aryl methyl sites for hydroxylation is 1. The minimum atomic E-state index is -0.855. The first kappa shape index (κ1) is 40.7. The molecule has 15 heteroatoms. The Balaban J connectivity index is 1.15. The van der Waals surface area contributed by atoms with Crippen LogP contribution in [0.5, 0.6) is 0 Å². The highest BCUT2D eigenvalue weighted by Crippen LogP contribution is 2.45. The van der Waals surface area contributed by atoms with Crippen molar-refractivity contribution >= 4 is 51.9 Å². The maximum atomic E-state index is 14.2. The number of rotatable bonds is 8. The number of pyridine rings is 1. The Bertz CT molecular complexity index is 2320. The largest absolute Gasteiger partial charge is 0.464 e. The monoisotopic (exact) mass is 835 g/mol. The van der Waals surface area contributed by atoms with Crippen molar-refractivity contribution < 1.29 is 23.9 Å². The zero-order valence-corrected chi connectivity index (χ0v) is 36.4. The Hall–Kier alpha value is -4.70. The molecule has 3 aromatic heterocycles. The first-order chi connectivity index (χ1) is 28.9. The topological polar surface area (TPSA) is 147 Å². The third kappa shape index (κ3) is 8.08. The number of nitrogens with zero attached hydrogens (tertiary/aromatic N) is 7. The number of amides is 2. The van der Waals surface area contributed by atoms with Gasteiger partial charge in [0.05, 0.1) is 52.7 Å². The van der Waals surface area contributed by atoms with E-state index in [2.05, 4.69) is 82.2 Å². The van der Waals surface area contributed by atoms with Gasteiger partial charge in [0.1, 0.15) is 12.1 Å². The fraction of sp³-hybridized carbons (Fsp3) is 0.556. The minimum Gasteiger partial charge on any atom is -0.464 e. The molecule has 1 aromatic carbocycles. The van der Waals surface area contributed by atoms with E-state index in [0.717, 1.165) is 94.5 Å². The third-order valence-corrected chi connectivity index (χ3v) is 13.9. The molecule has 2 amide bonds. The van der Waals surface area contributed by atoms with Gasteiger partial charge in [0, 0.05) is 97.8 Å². The smallest absolute Gasteiger partial charge is 0.324 e. The third-order valence-electron chi connectivity index (χ3n) is 13.0. The number of aromatic nitrogens is 3. The summed E-state index contributed by atoms with van der Waals surface area (Å²) in [6.07, 6.45) is 6.39. The standard InChI is InChI=1S/C45H57N9O5S/c1-7-53-38-11-10-27-17-30(38)33(41(53)32-18-28(22-47-40(32)26(2)58-6)52-15-13-51(5)14-16-52)21-45(3,4)25-59-44(57)34-9-8-12-54(50-34)43(56)35(20-39-48-37(27)24-60-39)49-42(55)31-19-29(31)36-23-46-36/h10-11,17-18,22-24,26,29,31,34-36,50H,7-9,12-16,19-21,25H2,1-6H3,(H,49,55)/t26-,29+,31+,34-,35-,36?/m0/s1. The second-order valence-corrected chi connectivity index (χ2v) is 19.0. The van der Waals surface area contributed by atoms with Crippen LogP contribution >= 0.6 is 11.3 Å². The molecule has 7 heterocycles. The summed E-state index contributed by atoms with van der Waals surface area (Å²) >= 11 is 1.49. The molecule has 9 rings (SSSR count). The summed E-state index contributed by atoms with van der Waals surface area (Å²) in [7, 11) is 3.89. The quantitative estimate of drug-likeness (QED) is 0.232. The molecule has 1 saturated carbocycles. The van der Waals surface area contributed by atoms with Crippen molar-refractivity contribution in [2.24, 2.45) is 22.2 Å². The normalized spacial score (nSPS) is 26.1. The van der Waals surface area contributed by atoms with Crippen molar-refractivity contribution in [1.29, 1.82) is 0 Å². The van der Waals surface area contributed by atoms with E-state index in [1.54, 1.807) is 7.11 Å². The molecule has 5 aliphatic rings. The van der Waals surface area contributed by atoms with Gasteiger partial charge in [-0.2, -0.15) is 0 Å². The van der Waals surface area contributed by atoms with Crippen LogP contribution in [0.25, 0.3) is 33.4 Å². The molecule has 1 unspecified atom stereocenters. The molecule has 60 heavy (non-hydrogen) atoms. The Morgan fingerprint density at radius 3 is 2.70 bits per heavy atom. The maximum Gasteiger partial charge on any atom is 0.324 e. The Labute approximate surface area is 355 Å². The van der Waals surface area contributed by atoms with E-state index in [0.29, 0.717) is 25.8 Å². The molecule has 4 aromatic rings. The second kappa shape index (κ2) is 16.3. The van der Waals surface area contributed by atoms with Crippen LogP contribution in [-0.2, 0) is 43.2 Å². The van der Waals surface area contributed by atoms with Crippen LogP contribution in [-0.4, -0.2) is 120 Å². The fourth-order valence-electron chi connectivity index (χ4n) is 9.28. The Morgan fingerprint density at radius 2 is 1.95 bits per heavy atom. The van der Waals surface area contributed by atoms with Gasteiger partial charge in [-0.15, -0.1) is 11.3 Å². The number of fused-ring (bicyclic) bond motifs is 6. The lowest BCUT2D eigenvalue weighted by atomic mass is 9.84. The Kier molecular flexibility index (Phi) is 11.1. The highest BCUT2D eigenvalue weighted by atomic mass is 32.1. The number of ether oxygens (including phenoxy) is 2. The van der Waals surface area contributed by atoms with Gasteiger partial charge >= 0.3 is 5.97 Å². The lowest BCUT2D eigenvalue weighted by Crippen LogP contribution is -2.60. The number of hydrogen-bond acceptors (Lipinski definition) is 12. The predicted molar refractivity (Wildman–Crippen MR) is 233 cm³/mol. The lowest BCUT2D eigenvalue weighted by molar-refractivity contribution is -0.155. The van der Waals surface area contributed by atoms with E-state index < -0.39 is 23.5 Å². The summed E-state index contributed by atoms with van der Waals surface area (Å²) in [5.74, 6) is -0.768. The summed E-state index contributed by atoms with van der Waals surface area (Å²) in [4.78, 5) is 60.9. The summed E-state index contributed by atoms with van der Waals surface area (Å²) in [6, 6.07) is 7.44. The maximum absolute atomic E-state index is 14.2. The number of carbonyl (C=O) groups excluding carboxylic acids is 3. The molecule has 318 valence electrons. The number of anilines is 1. The number of aliphatic imine (C=N–C) groups is 1. The number of benzene rings is 1. The molecule has 2 saturated heterocycles. The fourth-order valence-corrected chi connectivity index (χ4v) is 10.1. The van der Waals surface area contributed by atoms with Crippen LogP contribution in [0.1, 0.15) is 69.3 Å². The average Bonchev–Trinajstić information content (AvgIpc) is 4.18. The molecule has 0 spiro atoms. The van der Waals surface area contributed by atoms with Gasteiger partial charge in [0.2, 0.25) is 5.91 Å². The van der Waals surface area contributed by atoms with E-state index in [1.165, 1.54) is 16.3 Å². The van der Waals surface area contributed by atoms with Crippen molar-refractivity contribution in [3.63, 3.8) is 0 Å². The first-order valence-corrected chi connectivity index (χ1v) is 22.4. The van der Waals surface area contributed by atoms with Gasteiger partial charge in [-0.05, 0) is 76.3 Å². The number of esters is 1. The minimum absolute atomic E-state index is 0.135. The van der Waals surface area contributed by atoms with E-state index in [4.69, 9.17) is 19.4 Å². The summed E-state index contributed by atoms with van der Waals surface area (Å²) in [5.41, 5.74) is 10.8. The van der Waals surface area contributed by atoms with Crippen molar-refractivity contribution in [2.45, 2.75) is 90.6 Å². The molecular formula is C45H57N9O5S. The van der Waals surface area contributed by atoms with Gasteiger partial charge in [-0.3, -0.25) is 29.4 Å². The highest BCUT2D eigenvalue weighted by molar-refractivity contribution is 7.10. The van der Waals surface area contributed by atoms with Gasteiger partial charge in [0.25, 0.3) is 5.91 Å². The highest BCUT2D eigenvalue weighted by Gasteiger charge is 2.50. The van der Waals surface area contributed by atoms with Crippen molar-refractivity contribution in [1.82, 2.24) is 35.2 Å². The van der Waals surface area contributed by atoms with Gasteiger partial charge in [0.15, 0.2) is 0 Å². The second-order valence-electron chi connectivity index (χ2n) is 18.0. The predicted octanol–water partition coefficient (Wildman–Crippen LogP) is 5.04. The number of cyclic esters (lactones) is 1. The molecule has 6 atom stereocenters. The van der Waals surface area contributed by atoms with Crippen LogP contribution in [0.3, 0.4) is 0 Å². The van der Waals surface area contributed by atoms with Gasteiger partial charge in [-0.25, -0.2) is 10.4 Å². The number of hydrazine groups is 1. The first-order valence-electron chi connectivity index (χ1n) is 21.6. The van der Waals surface area contributed by atoms with Crippen LogP contribution < -0.4 is 15.6 Å². The molecule has 6 bridgehead atoms. The van der Waals surface area contributed by atoms with E-state index in [-0.39, 0.29) is 48.8 Å². The van der Waals surface area contributed by atoms with Crippen LogP contribution in [0, 0.1) is 17.3 Å². The SMILES string of the molecule is CCn1c(-c2cc(N3CCN(C)CC3)cnc2[C@H](C)OC)c2c3cc(ccc31)-c1csc(n1)C[C@H](NC(=O)[C@@H]1C[C@H]1C1C=N1)C(=O)N1CCC[C@H](N1)C(=O)OCC(C)(C)C2. The van der Waals surface area contributed by atoms with Crippen molar-refractivity contribution in [3.05, 3.63) is 52.1 Å². The van der Waals surface area contributed by atoms with Gasteiger partial charge in [-0.1, -0.05) is 19.9 Å². The van der Waals surface area contributed by atoms with E-state index in [1.807, 2.05) is 24.7 Å². The number of piperazine rings is 1. The molecule has 2 N–H and O–H groups in total. The van der Waals surface area contributed by atoms with Crippen molar-refractivity contribution in [3.8, 4) is 22.5 Å². The van der Waals surface area contributed by atoms with E-state index >= 15 is 0 Å². The number of likely N-dealkylation sites (N-methyl/N-ethyl adjacent to an activating group) is 1. The lowest BCUT2D eigenvalue weighted by Gasteiger charge is -2.35. The summed E-state index contributed by atoms with van der Waals surface area (Å²) in [5, 5.41) is 8.47. The van der Waals surface area contributed by atoms with Crippen molar-refractivity contribution in [2.75, 3.05) is 58.4 Å². The Morgan fingerprint density at radius 1 is 1.15 bits per heavy atom. The van der Waals surface area contributed by atoms with Gasteiger partial charge < -0.3 is 29.2 Å². The van der Waals surface area contributed by atoms with Crippen LogP contribution in [0.4, 0.5) is 5.69 Å². The van der Waals surface area contributed by atoms with Crippen LogP contribution in [0.2, 0.25) is 0 Å². The number of nitrogens with one attached hydrogen (secondary N) is 2. The number of thiazole rings is 1. The number of carbonyl (C=O) groups is 3. The molecular weight excluding hydrogens is 779 g/mol. The molecule has 3 fully saturated rings. The summed E-state index contributed by atoms with van der Waals surface area (Å²) < 4.78 is 14.5. The molecule has 1 aliphatic carbocycles.